The van der Waals surface area contributed by atoms with Gasteiger partial charge in [-0.2, -0.15) is 5.10 Å². The largest absolute Gasteiger partial charge is 0.484 e. The maximum atomic E-state index is 12.6. The number of hydrogen-bond acceptors (Lipinski definition) is 5. The van der Waals surface area contributed by atoms with Gasteiger partial charge in [0, 0.05) is 19.5 Å². The quantitative estimate of drug-likeness (QED) is 0.140. The number of benzene rings is 3. The molecule has 0 aliphatic carbocycles. The second-order valence-electron chi connectivity index (χ2n) is 6.24. The van der Waals surface area contributed by atoms with Gasteiger partial charge in [-0.3, -0.25) is 4.79 Å². The lowest BCUT2D eigenvalue weighted by Crippen LogP contribution is -2.24. The number of nitrogens with one attached hydrogen (secondary N) is 1. The van der Waals surface area contributed by atoms with Gasteiger partial charge >= 0.3 is 5.97 Å². The molecule has 3 aromatic carbocycles. The van der Waals surface area contributed by atoms with Gasteiger partial charge in [0.1, 0.15) is 5.75 Å². The van der Waals surface area contributed by atoms with Gasteiger partial charge in [0.2, 0.25) is 0 Å². The standard InChI is InChI=1S/C22H14Br3ClN2O4/c23-15-3-1-2-13(8-15)22(30)32-21-14(9-16(24)10-19(21)25)11-27-28-20(29)12-31-18-6-4-17(26)5-7-18/h1-11H,12H2,(H,28,29)/b27-11-. The van der Waals surface area contributed by atoms with Crippen molar-refractivity contribution in [3.05, 3.63) is 90.2 Å². The summed E-state index contributed by atoms with van der Waals surface area (Å²) in [4.78, 5) is 24.6. The van der Waals surface area contributed by atoms with Crippen LogP contribution >= 0.6 is 59.4 Å². The molecule has 0 aromatic heterocycles. The highest BCUT2D eigenvalue weighted by Gasteiger charge is 2.15. The maximum Gasteiger partial charge on any atom is 0.343 e. The SMILES string of the molecule is O=C(COc1ccc(Cl)cc1)N/N=C\c1cc(Br)cc(Br)c1OC(=O)c1cccc(Br)c1. The van der Waals surface area contributed by atoms with Crippen LogP contribution in [-0.2, 0) is 4.79 Å². The minimum atomic E-state index is -0.538. The molecule has 0 saturated carbocycles. The molecule has 0 bridgehead atoms. The van der Waals surface area contributed by atoms with Gasteiger partial charge in [0.05, 0.1) is 16.3 Å². The fraction of sp³-hybridized carbons (Fsp3) is 0.0455. The molecule has 164 valence electrons. The van der Waals surface area contributed by atoms with E-state index in [1.807, 2.05) is 6.07 Å². The molecule has 0 aliphatic heterocycles. The summed E-state index contributed by atoms with van der Waals surface area (Å²) in [7, 11) is 0. The zero-order valence-electron chi connectivity index (χ0n) is 16.2. The van der Waals surface area contributed by atoms with Crippen molar-refractivity contribution in [2.24, 2.45) is 5.10 Å². The Hall–Kier alpha value is -2.20. The van der Waals surface area contributed by atoms with E-state index in [2.05, 4.69) is 58.3 Å². The minimum absolute atomic E-state index is 0.230. The Kier molecular flexibility index (Phi) is 8.86. The average Bonchev–Trinajstić information content (AvgIpc) is 2.75. The molecule has 0 aliphatic rings. The summed E-state index contributed by atoms with van der Waals surface area (Å²) in [6.07, 6.45) is 1.37. The van der Waals surface area contributed by atoms with E-state index >= 15 is 0 Å². The Bertz CT molecular complexity index is 1170. The summed E-state index contributed by atoms with van der Waals surface area (Å²) < 4.78 is 13.0. The molecule has 0 spiro atoms. The van der Waals surface area contributed by atoms with Crippen molar-refractivity contribution in [1.29, 1.82) is 0 Å². The number of nitrogens with zero attached hydrogens (tertiary/aromatic N) is 1. The van der Waals surface area contributed by atoms with E-state index in [-0.39, 0.29) is 12.4 Å². The highest BCUT2D eigenvalue weighted by molar-refractivity contribution is 9.11. The van der Waals surface area contributed by atoms with Crippen LogP contribution in [0, 0.1) is 0 Å². The van der Waals surface area contributed by atoms with Gasteiger partial charge in [-0.05, 0) is 70.5 Å². The number of esters is 1. The number of rotatable bonds is 7. The van der Waals surface area contributed by atoms with Gasteiger partial charge in [-0.1, -0.05) is 49.5 Å². The van der Waals surface area contributed by atoms with Gasteiger partial charge < -0.3 is 9.47 Å². The molecule has 0 atom stereocenters. The van der Waals surface area contributed by atoms with Crippen molar-refractivity contribution in [3.63, 3.8) is 0 Å². The molecule has 3 aromatic rings. The van der Waals surface area contributed by atoms with E-state index in [1.54, 1.807) is 54.6 Å². The van der Waals surface area contributed by atoms with Gasteiger partial charge in [0.25, 0.3) is 5.91 Å². The molecular formula is C22H14Br3ClN2O4. The third-order valence-corrected chi connectivity index (χ3v) is 5.66. The number of carbonyl (C=O) groups excluding carboxylic acids is 2. The molecule has 0 saturated heterocycles. The monoisotopic (exact) mass is 642 g/mol. The van der Waals surface area contributed by atoms with Crippen molar-refractivity contribution >= 4 is 77.5 Å². The molecule has 0 fully saturated rings. The Morgan fingerprint density at radius 1 is 1.00 bits per heavy atom. The lowest BCUT2D eigenvalue weighted by Gasteiger charge is -2.11. The van der Waals surface area contributed by atoms with Crippen molar-refractivity contribution in [3.8, 4) is 11.5 Å². The van der Waals surface area contributed by atoms with Gasteiger partial charge in [-0.25, -0.2) is 10.2 Å². The number of hydrazone groups is 1. The molecule has 3 rings (SSSR count). The summed E-state index contributed by atoms with van der Waals surface area (Å²) in [6, 6.07) is 16.9. The summed E-state index contributed by atoms with van der Waals surface area (Å²) in [5, 5.41) is 4.51. The second-order valence-corrected chi connectivity index (χ2v) is 9.36. The molecule has 0 heterocycles. The third kappa shape index (κ3) is 7.16. The number of amides is 1. The van der Waals surface area contributed by atoms with E-state index in [4.69, 9.17) is 21.1 Å². The normalized spacial score (nSPS) is 10.8. The summed E-state index contributed by atoms with van der Waals surface area (Å²) >= 11 is 15.9. The first-order chi connectivity index (χ1) is 15.3. The predicted octanol–water partition coefficient (Wildman–Crippen LogP) is 6.38. The van der Waals surface area contributed by atoms with E-state index in [0.717, 1.165) is 8.95 Å². The Labute approximate surface area is 214 Å². The second kappa shape index (κ2) is 11.6. The molecular weight excluding hydrogens is 631 g/mol. The maximum absolute atomic E-state index is 12.6. The first-order valence-electron chi connectivity index (χ1n) is 8.99. The van der Waals surface area contributed by atoms with Crippen LogP contribution < -0.4 is 14.9 Å². The van der Waals surface area contributed by atoms with Crippen LogP contribution in [0.5, 0.6) is 11.5 Å². The predicted molar refractivity (Wildman–Crippen MR) is 134 cm³/mol. The Morgan fingerprint density at radius 3 is 2.47 bits per heavy atom. The fourth-order valence-electron chi connectivity index (χ4n) is 2.44. The summed E-state index contributed by atoms with van der Waals surface area (Å²) in [5.41, 5.74) is 3.22. The number of halogens is 4. The zero-order valence-corrected chi connectivity index (χ0v) is 21.7. The Morgan fingerprint density at radius 2 is 1.75 bits per heavy atom. The topological polar surface area (TPSA) is 77.0 Å². The van der Waals surface area contributed by atoms with Crippen LogP contribution in [0.25, 0.3) is 0 Å². The highest BCUT2D eigenvalue weighted by atomic mass is 79.9. The van der Waals surface area contributed by atoms with Crippen LogP contribution in [0.15, 0.2) is 79.2 Å². The smallest absolute Gasteiger partial charge is 0.343 e. The van der Waals surface area contributed by atoms with Crippen LogP contribution in [0.2, 0.25) is 5.02 Å². The highest BCUT2D eigenvalue weighted by Crippen LogP contribution is 2.33. The van der Waals surface area contributed by atoms with Crippen molar-refractivity contribution in [1.82, 2.24) is 5.43 Å². The molecule has 1 amide bonds. The minimum Gasteiger partial charge on any atom is -0.484 e. The summed E-state index contributed by atoms with van der Waals surface area (Å²) in [6.45, 7) is -0.230. The van der Waals surface area contributed by atoms with Crippen molar-refractivity contribution in [2.75, 3.05) is 6.61 Å². The van der Waals surface area contributed by atoms with Crippen LogP contribution in [-0.4, -0.2) is 24.7 Å². The molecule has 1 N–H and O–H groups in total. The van der Waals surface area contributed by atoms with E-state index in [9.17, 15) is 9.59 Å². The number of carbonyl (C=O) groups is 2. The Balaban J connectivity index is 1.67. The fourth-order valence-corrected chi connectivity index (χ4v) is 4.30. The molecule has 6 nitrogen and oxygen atoms in total. The van der Waals surface area contributed by atoms with Crippen LogP contribution in [0.4, 0.5) is 0 Å². The molecule has 0 radical (unpaired) electrons. The van der Waals surface area contributed by atoms with E-state index in [0.29, 0.717) is 26.4 Å². The van der Waals surface area contributed by atoms with E-state index in [1.165, 1.54) is 6.21 Å². The first-order valence-corrected chi connectivity index (χ1v) is 11.7. The van der Waals surface area contributed by atoms with Gasteiger partial charge in [0.15, 0.2) is 12.4 Å². The summed E-state index contributed by atoms with van der Waals surface area (Å²) in [5.74, 6) is -0.234. The number of hydrogen-bond donors (Lipinski definition) is 1. The van der Waals surface area contributed by atoms with Crippen molar-refractivity contribution in [2.45, 2.75) is 0 Å². The molecule has 0 unspecified atom stereocenters. The lowest BCUT2D eigenvalue weighted by atomic mass is 10.2. The third-order valence-electron chi connectivity index (χ3n) is 3.87. The van der Waals surface area contributed by atoms with Gasteiger partial charge in [-0.15, -0.1) is 0 Å². The first kappa shape index (κ1) is 24.4. The van der Waals surface area contributed by atoms with Crippen LogP contribution in [0.3, 0.4) is 0 Å². The van der Waals surface area contributed by atoms with E-state index < -0.39 is 11.9 Å². The van der Waals surface area contributed by atoms with Crippen molar-refractivity contribution < 1.29 is 19.1 Å². The molecule has 10 heteroatoms. The lowest BCUT2D eigenvalue weighted by molar-refractivity contribution is -0.123. The molecule has 32 heavy (non-hydrogen) atoms. The average molecular weight is 646 g/mol. The number of ether oxygens (including phenoxy) is 2. The van der Waals surface area contributed by atoms with Crippen LogP contribution in [0.1, 0.15) is 15.9 Å². The zero-order chi connectivity index (χ0) is 23.1.